The van der Waals surface area contributed by atoms with Gasteiger partial charge in [0.25, 0.3) is 5.97 Å². The van der Waals surface area contributed by atoms with E-state index in [9.17, 15) is 9.59 Å². The smallest absolute Gasteiger partial charge is 0.329 e. The largest absolute Gasteiger partial charge is 0.481 e. The van der Waals surface area contributed by atoms with Gasteiger partial charge in [-0.25, -0.2) is 4.79 Å². The van der Waals surface area contributed by atoms with Gasteiger partial charge in [-0.15, -0.1) is 0 Å². The van der Waals surface area contributed by atoms with Gasteiger partial charge in [-0.05, 0) is 21.0 Å². The molecule has 0 amide bonds. The first-order valence-corrected chi connectivity index (χ1v) is 4.89. The van der Waals surface area contributed by atoms with E-state index >= 15 is 0 Å². The molecule has 1 unspecified atom stereocenters. The molecule has 0 aliphatic heterocycles. The van der Waals surface area contributed by atoms with Crippen molar-refractivity contribution in [1.82, 2.24) is 4.90 Å². The monoisotopic (exact) mass is 263 g/mol. The van der Waals surface area contributed by atoms with Crippen LogP contribution in [0.1, 0.15) is 13.8 Å². The molecule has 7 heteroatoms. The molecule has 0 saturated carbocycles. The molecule has 0 aliphatic rings. The highest BCUT2D eigenvalue weighted by Crippen LogP contribution is 1.88. The van der Waals surface area contributed by atoms with E-state index in [1.54, 1.807) is 25.9 Å². The van der Waals surface area contributed by atoms with Gasteiger partial charge in [0.2, 0.25) is 0 Å². The summed E-state index contributed by atoms with van der Waals surface area (Å²) in [6, 6.07) is -0.380. The lowest BCUT2D eigenvalue weighted by Crippen LogP contribution is -2.32. The number of likely N-dealkylation sites (N-methyl/N-ethyl adjacent to an activating group) is 1. The van der Waals surface area contributed by atoms with Crippen molar-refractivity contribution in [3.8, 4) is 0 Å². The van der Waals surface area contributed by atoms with Crippen LogP contribution in [0.5, 0.6) is 0 Å². The first-order chi connectivity index (χ1) is 8.09. The maximum atomic E-state index is 10.1. The van der Waals surface area contributed by atoms with Crippen molar-refractivity contribution in [2.45, 2.75) is 19.9 Å². The van der Waals surface area contributed by atoms with Crippen molar-refractivity contribution < 1.29 is 29.3 Å². The van der Waals surface area contributed by atoms with Crippen LogP contribution in [0.4, 0.5) is 0 Å². The lowest BCUT2D eigenvalue weighted by molar-refractivity contribution is -0.141. The Kier molecular flexibility index (Phi) is 15.7. The summed E-state index contributed by atoms with van der Waals surface area (Å²) in [5, 5.41) is 15.7. The molecule has 1 atom stereocenters. The number of methoxy groups -OCH3 is 1. The number of carboxylic acids is 2. The van der Waals surface area contributed by atoms with Crippen molar-refractivity contribution in [2.75, 3.05) is 21.2 Å². The van der Waals surface area contributed by atoms with Crippen LogP contribution in [-0.2, 0) is 19.1 Å². The Labute approximate surface area is 107 Å². The van der Waals surface area contributed by atoms with Gasteiger partial charge < -0.3 is 14.9 Å². The molecule has 0 heterocycles. The predicted octanol–water partition coefficient (Wildman–Crippen LogP) is 0.457. The molecular formula is C11H21NO6. The van der Waals surface area contributed by atoms with Crippen LogP contribution in [0, 0.1) is 0 Å². The SMILES string of the molecule is C=CC(=O)OC.CC(=O)O.CC(C(=O)O)N(C)C. The zero-order valence-electron chi connectivity index (χ0n) is 11.3. The first kappa shape index (κ1) is 21.4. The first-order valence-electron chi connectivity index (χ1n) is 4.89. The fourth-order valence-corrected chi connectivity index (χ4v) is 0.304. The summed E-state index contributed by atoms with van der Waals surface area (Å²) in [4.78, 5) is 30.6. The Morgan fingerprint density at radius 3 is 1.61 bits per heavy atom. The van der Waals surface area contributed by atoms with Crippen LogP contribution in [-0.4, -0.2) is 60.3 Å². The second-order valence-corrected chi connectivity index (χ2v) is 3.22. The molecule has 0 rings (SSSR count). The number of carbonyl (C=O) groups excluding carboxylic acids is 1. The molecule has 0 aromatic heterocycles. The van der Waals surface area contributed by atoms with E-state index in [0.717, 1.165) is 13.0 Å². The topological polar surface area (TPSA) is 104 Å². The third-order valence-corrected chi connectivity index (χ3v) is 1.50. The maximum absolute atomic E-state index is 10.1. The fourth-order valence-electron chi connectivity index (χ4n) is 0.304. The quantitative estimate of drug-likeness (QED) is 0.563. The number of aliphatic carboxylic acids is 2. The lowest BCUT2D eigenvalue weighted by Gasteiger charge is -2.13. The minimum absolute atomic E-state index is 0.380. The van der Waals surface area contributed by atoms with Gasteiger partial charge in [-0.1, -0.05) is 6.58 Å². The number of carboxylic acid groups (broad SMARTS) is 2. The molecular weight excluding hydrogens is 242 g/mol. The number of hydrogen-bond acceptors (Lipinski definition) is 5. The summed E-state index contributed by atoms with van der Waals surface area (Å²) in [6.07, 6.45) is 1.11. The molecule has 0 spiro atoms. The van der Waals surface area contributed by atoms with Crippen LogP contribution in [0.3, 0.4) is 0 Å². The van der Waals surface area contributed by atoms with Crippen molar-refractivity contribution in [1.29, 1.82) is 0 Å². The number of carbonyl (C=O) groups is 3. The summed E-state index contributed by atoms with van der Waals surface area (Å²) in [5.41, 5.74) is 0. The summed E-state index contributed by atoms with van der Waals surface area (Å²) in [6.45, 7) is 5.88. The number of ether oxygens (including phenoxy) is 1. The van der Waals surface area contributed by atoms with E-state index in [4.69, 9.17) is 15.0 Å². The normalized spacial score (nSPS) is 9.89. The number of esters is 1. The van der Waals surface area contributed by atoms with E-state index in [1.165, 1.54) is 7.11 Å². The molecule has 0 aliphatic carbocycles. The lowest BCUT2D eigenvalue weighted by atomic mass is 10.3. The zero-order chi connectivity index (χ0) is 15.3. The van der Waals surface area contributed by atoms with Gasteiger partial charge in [0.05, 0.1) is 7.11 Å². The molecule has 106 valence electrons. The molecule has 0 aromatic rings. The third-order valence-electron chi connectivity index (χ3n) is 1.50. The highest BCUT2D eigenvalue weighted by molar-refractivity contribution is 5.80. The average molecular weight is 263 g/mol. The molecule has 2 N–H and O–H groups in total. The van der Waals surface area contributed by atoms with Crippen LogP contribution in [0.15, 0.2) is 12.7 Å². The van der Waals surface area contributed by atoms with Gasteiger partial charge in [-0.2, -0.15) is 0 Å². The second-order valence-electron chi connectivity index (χ2n) is 3.22. The van der Waals surface area contributed by atoms with E-state index in [0.29, 0.717) is 0 Å². The van der Waals surface area contributed by atoms with Crippen molar-refractivity contribution in [3.63, 3.8) is 0 Å². The molecule has 7 nitrogen and oxygen atoms in total. The zero-order valence-corrected chi connectivity index (χ0v) is 11.3. The molecule has 0 bridgehead atoms. The van der Waals surface area contributed by atoms with Crippen LogP contribution < -0.4 is 0 Å². The van der Waals surface area contributed by atoms with Gasteiger partial charge >= 0.3 is 11.9 Å². The van der Waals surface area contributed by atoms with Crippen molar-refractivity contribution in [3.05, 3.63) is 12.7 Å². The predicted molar refractivity (Wildman–Crippen MR) is 66.3 cm³/mol. The minimum atomic E-state index is -0.833. The molecule has 0 saturated heterocycles. The van der Waals surface area contributed by atoms with Crippen LogP contribution in [0.25, 0.3) is 0 Å². The van der Waals surface area contributed by atoms with Crippen molar-refractivity contribution in [2.24, 2.45) is 0 Å². The van der Waals surface area contributed by atoms with Gasteiger partial charge in [-0.3, -0.25) is 14.5 Å². The van der Waals surface area contributed by atoms with E-state index < -0.39 is 17.9 Å². The Balaban J connectivity index is -0.000000200. The van der Waals surface area contributed by atoms with Gasteiger partial charge in [0, 0.05) is 13.0 Å². The highest BCUT2D eigenvalue weighted by Gasteiger charge is 2.11. The highest BCUT2D eigenvalue weighted by atomic mass is 16.5. The Bertz CT molecular complexity index is 271. The number of nitrogens with zero attached hydrogens (tertiary/aromatic N) is 1. The average Bonchev–Trinajstić information content (AvgIpc) is 2.26. The Hall–Kier alpha value is -1.89. The van der Waals surface area contributed by atoms with Crippen LogP contribution in [0.2, 0.25) is 0 Å². The Morgan fingerprint density at radius 1 is 1.28 bits per heavy atom. The van der Waals surface area contributed by atoms with E-state index in [-0.39, 0.29) is 6.04 Å². The molecule has 0 aromatic carbocycles. The van der Waals surface area contributed by atoms with E-state index in [2.05, 4.69) is 11.3 Å². The van der Waals surface area contributed by atoms with E-state index in [1.807, 2.05) is 0 Å². The fraction of sp³-hybridized carbons (Fsp3) is 0.545. The number of rotatable bonds is 3. The summed E-state index contributed by atoms with van der Waals surface area (Å²) in [5.74, 6) is -2.01. The Morgan fingerprint density at radius 2 is 1.61 bits per heavy atom. The molecule has 0 radical (unpaired) electrons. The van der Waals surface area contributed by atoms with Gasteiger partial charge in [0.1, 0.15) is 6.04 Å². The second kappa shape index (κ2) is 13.2. The summed E-state index contributed by atoms with van der Waals surface area (Å²) in [7, 11) is 4.78. The summed E-state index contributed by atoms with van der Waals surface area (Å²) >= 11 is 0. The van der Waals surface area contributed by atoms with Gasteiger partial charge in [0.15, 0.2) is 0 Å². The third kappa shape index (κ3) is 23.7. The maximum Gasteiger partial charge on any atom is 0.329 e. The summed E-state index contributed by atoms with van der Waals surface area (Å²) < 4.78 is 4.14. The molecule has 0 fully saturated rings. The van der Waals surface area contributed by atoms with Crippen LogP contribution >= 0.6 is 0 Å². The minimum Gasteiger partial charge on any atom is -0.481 e. The van der Waals surface area contributed by atoms with Crippen molar-refractivity contribution >= 4 is 17.9 Å². The molecule has 18 heavy (non-hydrogen) atoms. The standard InChI is InChI=1S/C5H11NO2.C4H6O2.C2H4O2/c1-4(5(7)8)6(2)3;1-3-4(5)6-2;1-2(3)4/h4H,1-3H3,(H,7,8);3H,1H2,2H3;1H3,(H,3,4). The number of hydrogen-bond donors (Lipinski definition) is 2.